The first kappa shape index (κ1) is 14.4. The second-order valence-electron chi connectivity index (χ2n) is 5.91. The minimum Gasteiger partial charge on any atom is -0.331 e. The van der Waals surface area contributed by atoms with Crippen molar-refractivity contribution < 1.29 is 13.2 Å². The van der Waals surface area contributed by atoms with Crippen LogP contribution in [-0.4, -0.2) is 43.9 Å². The molecule has 0 saturated carbocycles. The number of hydrogen-bond donors (Lipinski definition) is 1. The number of aryl methyl sites for hydroxylation is 1. The summed E-state index contributed by atoms with van der Waals surface area (Å²) in [7, 11) is -1.29. The number of carbonyl (C=O) groups excluding carboxylic acids is 1. The Morgan fingerprint density at radius 1 is 1.29 bits per heavy atom. The summed E-state index contributed by atoms with van der Waals surface area (Å²) in [4.78, 5) is 13.9. The van der Waals surface area contributed by atoms with Gasteiger partial charge in [-0.3, -0.25) is 0 Å². The van der Waals surface area contributed by atoms with E-state index < -0.39 is 9.84 Å². The third kappa shape index (κ3) is 2.90. The minimum absolute atomic E-state index is 0.0363. The van der Waals surface area contributed by atoms with Crippen LogP contribution in [-0.2, 0) is 16.3 Å². The van der Waals surface area contributed by atoms with Crippen molar-refractivity contribution >= 4 is 15.9 Å². The van der Waals surface area contributed by atoms with Crippen LogP contribution in [0.2, 0.25) is 0 Å². The van der Waals surface area contributed by atoms with Gasteiger partial charge in [0.25, 0.3) is 0 Å². The fourth-order valence-corrected chi connectivity index (χ4v) is 4.98. The maximum Gasteiger partial charge on any atom is 0.317 e. The molecule has 2 amide bonds. The molecule has 21 heavy (non-hydrogen) atoms. The molecule has 0 unspecified atom stereocenters. The van der Waals surface area contributed by atoms with Crippen molar-refractivity contribution in [1.29, 1.82) is 0 Å². The summed E-state index contributed by atoms with van der Waals surface area (Å²) in [6.45, 7) is 0. The van der Waals surface area contributed by atoms with E-state index in [1.165, 1.54) is 11.1 Å². The molecule has 3 rings (SSSR count). The number of nitrogens with zero attached hydrogens (tertiary/aromatic N) is 1. The molecule has 1 aromatic rings. The SMILES string of the molecule is CN(C(=O)N[C@@H]1CCc2ccccc21)[C@H]1CCS(=O)(=O)C1. The quantitative estimate of drug-likeness (QED) is 0.900. The third-order valence-electron chi connectivity index (χ3n) is 4.51. The number of carbonyl (C=O) groups is 1. The molecule has 2 aliphatic rings. The number of urea groups is 1. The van der Waals surface area contributed by atoms with Crippen molar-refractivity contribution in [3.8, 4) is 0 Å². The summed E-state index contributed by atoms with van der Waals surface area (Å²) < 4.78 is 23.0. The molecule has 2 atom stereocenters. The van der Waals surface area contributed by atoms with Crippen LogP contribution in [0, 0.1) is 0 Å². The Kier molecular flexibility index (Phi) is 3.65. The van der Waals surface area contributed by atoms with Crippen molar-refractivity contribution in [2.75, 3.05) is 18.6 Å². The van der Waals surface area contributed by atoms with Crippen LogP contribution in [0.15, 0.2) is 24.3 Å². The third-order valence-corrected chi connectivity index (χ3v) is 6.26. The molecule has 0 spiro atoms. The van der Waals surface area contributed by atoms with Gasteiger partial charge < -0.3 is 10.2 Å². The molecular formula is C15H20N2O3S. The predicted molar refractivity (Wildman–Crippen MR) is 80.9 cm³/mol. The Bertz CT molecular complexity index is 657. The lowest BCUT2D eigenvalue weighted by molar-refractivity contribution is 0.191. The Labute approximate surface area is 125 Å². The lowest BCUT2D eigenvalue weighted by Gasteiger charge is -2.26. The van der Waals surface area contributed by atoms with E-state index >= 15 is 0 Å². The molecule has 1 aromatic carbocycles. The maximum atomic E-state index is 12.3. The van der Waals surface area contributed by atoms with Crippen LogP contribution in [0.4, 0.5) is 4.79 Å². The van der Waals surface area contributed by atoms with Crippen LogP contribution < -0.4 is 5.32 Å². The fourth-order valence-electron chi connectivity index (χ4n) is 3.20. The zero-order valence-corrected chi connectivity index (χ0v) is 12.9. The average Bonchev–Trinajstić information content (AvgIpc) is 3.02. The number of sulfone groups is 1. The number of rotatable bonds is 2. The topological polar surface area (TPSA) is 66.5 Å². The molecule has 6 heteroatoms. The molecule has 0 aromatic heterocycles. The Morgan fingerprint density at radius 3 is 2.76 bits per heavy atom. The maximum absolute atomic E-state index is 12.3. The van der Waals surface area contributed by atoms with E-state index in [-0.39, 0.29) is 29.6 Å². The second kappa shape index (κ2) is 5.33. The van der Waals surface area contributed by atoms with Gasteiger partial charge in [0.15, 0.2) is 9.84 Å². The number of hydrogen-bond acceptors (Lipinski definition) is 3. The monoisotopic (exact) mass is 308 g/mol. The molecule has 114 valence electrons. The lowest BCUT2D eigenvalue weighted by Crippen LogP contribution is -2.45. The smallest absolute Gasteiger partial charge is 0.317 e. The van der Waals surface area contributed by atoms with Gasteiger partial charge in [-0.15, -0.1) is 0 Å². The number of benzene rings is 1. The van der Waals surface area contributed by atoms with Gasteiger partial charge in [-0.25, -0.2) is 13.2 Å². The van der Waals surface area contributed by atoms with Crippen LogP contribution in [0.25, 0.3) is 0 Å². The van der Waals surface area contributed by atoms with Gasteiger partial charge in [-0.05, 0) is 30.4 Å². The van der Waals surface area contributed by atoms with E-state index in [1.807, 2.05) is 18.2 Å². The first-order chi connectivity index (χ1) is 9.96. The highest BCUT2D eigenvalue weighted by molar-refractivity contribution is 7.91. The van der Waals surface area contributed by atoms with Gasteiger partial charge in [0, 0.05) is 13.1 Å². The second-order valence-corrected chi connectivity index (χ2v) is 8.14. The molecule has 1 aliphatic heterocycles. The highest BCUT2D eigenvalue weighted by atomic mass is 32.2. The van der Waals surface area contributed by atoms with Crippen molar-refractivity contribution in [3.05, 3.63) is 35.4 Å². The summed E-state index contributed by atoms with van der Waals surface area (Å²) in [5.41, 5.74) is 2.46. The van der Waals surface area contributed by atoms with Crippen molar-refractivity contribution in [2.45, 2.75) is 31.3 Å². The Balaban J connectivity index is 1.65. The van der Waals surface area contributed by atoms with Crippen LogP contribution in [0.3, 0.4) is 0 Å². The molecule has 1 aliphatic carbocycles. The Hall–Kier alpha value is -1.56. The zero-order valence-electron chi connectivity index (χ0n) is 12.1. The first-order valence-corrected chi connectivity index (χ1v) is 9.10. The molecule has 1 saturated heterocycles. The number of nitrogens with one attached hydrogen (secondary N) is 1. The fraction of sp³-hybridized carbons (Fsp3) is 0.533. The highest BCUT2D eigenvalue weighted by Crippen LogP contribution is 2.31. The molecule has 1 N–H and O–H groups in total. The van der Waals surface area contributed by atoms with Crippen LogP contribution in [0.5, 0.6) is 0 Å². The molecule has 5 nitrogen and oxygen atoms in total. The zero-order chi connectivity index (χ0) is 15.0. The largest absolute Gasteiger partial charge is 0.331 e. The number of fused-ring (bicyclic) bond motifs is 1. The average molecular weight is 308 g/mol. The Morgan fingerprint density at radius 2 is 2.05 bits per heavy atom. The molecule has 0 radical (unpaired) electrons. The van der Waals surface area contributed by atoms with E-state index in [4.69, 9.17) is 0 Å². The summed E-state index contributed by atoms with van der Waals surface area (Å²) in [5, 5.41) is 3.03. The van der Waals surface area contributed by atoms with Gasteiger partial charge in [-0.2, -0.15) is 0 Å². The van der Waals surface area contributed by atoms with E-state index in [0.29, 0.717) is 6.42 Å². The molecule has 1 heterocycles. The van der Waals surface area contributed by atoms with Crippen LogP contribution in [0.1, 0.15) is 30.0 Å². The van der Waals surface area contributed by atoms with Gasteiger partial charge in [0.05, 0.1) is 17.5 Å². The summed E-state index contributed by atoms with van der Waals surface area (Å²) in [5.74, 6) is 0.264. The minimum atomic E-state index is -2.97. The highest BCUT2D eigenvalue weighted by Gasteiger charge is 2.34. The number of amides is 2. The summed E-state index contributed by atoms with van der Waals surface area (Å²) >= 11 is 0. The van der Waals surface area contributed by atoms with Crippen molar-refractivity contribution in [3.63, 3.8) is 0 Å². The van der Waals surface area contributed by atoms with E-state index in [1.54, 1.807) is 11.9 Å². The van der Waals surface area contributed by atoms with E-state index in [9.17, 15) is 13.2 Å². The van der Waals surface area contributed by atoms with Gasteiger partial charge >= 0.3 is 6.03 Å². The molecular weight excluding hydrogens is 288 g/mol. The van der Waals surface area contributed by atoms with Crippen LogP contribution >= 0.6 is 0 Å². The first-order valence-electron chi connectivity index (χ1n) is 7.28. The van der Waals surface area contributed by atoms with E-state index in [2.05, 4.69) is 11.4 Å². The van der Waals surface area contributed by atoms with Crippen molar-refractivity contribution in [1.82, 2.24) is 10.2 Å². The van der Waals surface area contributed by atoms with Gasteiger partial charge in [0.2, 0.25) is 0 Å². The lowest BCUT2D eigenvalue weighted by atomic mass is 10.1. The van der Waals surface area contributed by atoms with Crippen molar-refractivity contribution in [2.24, 2.45) is 0 Å². The van der Waals surface area contributed by atoms with Gasteiger partial charge in [-0.1, -0.05) is 24.3 Å². The molecule has 0 bridgehead atoms. The standard InChI is InChI=1S/C15H20N2O3S/c1-17(12-8-9-21(19,20)10-12)15(18)16-14-7-6-11-4-2-3-5-13(11)14/h2-5,12,14H,6-10H2,1H3,(H,16,18)/t12-,14+/m0/s1. The summed E-state index contributed by atoms with van der Waals surface area (Å²) in [6.07, 6.45) is 2.41. The summed E-state index contributed by atoms with van der Waals surface area (Å²) in [6, 6.07) is 7.79. The normalized spacial score (nSPS) is 26.3. The van der Waals surface area contributed by atoms with E-state index in [0.717, 1.165) is 12.8 Å². The molecule has 1 fully saturated rings. The van der Waals surface area contributed by atoms with Gasteiger partial charge in [0.1, 0.15) is 0 Å². The predicted octanol–water partition coefficient (Wildman–Crippen LogP) is 1.50.